The van der Waals surface area contributed by atoms with Crippen LogP contribution in [0.1, 0.15) is 20.3 Å². The van der Waals surface area contributed by atoms with E-state index in [0.29, 0.717) is 11.4 Å². The van der Waals surface area contributed by atoms with E-state index >= 15 is 0 Å². The summed E-state index contributed by atoms with van der Waals surface area (Å²) in [5.41, 5.74) is 0.771. The lowest BCUT2D eigenvalue weighted by Crippen LogP contribution is -2.31. The largest absolute Gasteiger partial charge is 0.396 e. The Balaban J connectivity index is 2.73. The lowest BCUT2D eigenvalue weighted by molar-refractivity contribution is 0.261. The number of hydrogen-bond donors (Lipinski definition) is 2. The Morgan fingerprint density at radius 3 is 2.57 bits per heavy atom. The molecule has 3 heteroatoms. The van der Waals surface area contributed by atoms with Gasteiger partial charge in [0.2, 0.25) is 0 Å². The number of rotatable bonds is 4. The predicted molar refractivity (Wildman–Crippen MR) is 60.9 cm³/mol. The number of benzene rings is 1. The number of para-hydroxylation sites is 1. The van der Waals surface area contributed by atoms with Gasteiger partial charge in [-0.15, -0.1) is 0 Å². The molecule has 0 aliphatic rings. The van der Waals surface area contributed by atoms with Crippen LogP contribution in [0.15, 0.2) is 24.3 Å². The maximum Gasteiger partial charge on any atom is 0.0637 e. The number of hydrogen-bond acceptors (Lipinski definition) is 2. The third-order valence-electron chi connectivity index (χ3n) is 2.08. The van der Waals surface area contributed by atoms with E-state index in [0.717, 1.165) is 5.69 Å². The van der Waals surface area contributed by atoms with E-state index in [2.05, 4.69) is 5.32 Å². The summed E-state index contributed by atoms with van der Waals surface area (Å²) in [5.74, 6) is 0. The molecule has 0 saturated carbocycles. The quantitative estimate of drug-likeness (QED) is 0.806. The first-order chi connectivity index (χ1) is 6.55. The summed E-state index contributed by atoms with van der Waals surface area (Å²) in [4.78, 5) is 0. The summed E-state index contributed by atoms with van der Waals surface area (Å²) in [7, 11) is 0. The fourth-order valence-electron chi connectivity index (χ4n) is 1.27. The van der Waals surface area contributed by atoms with Gasteiger partial charge < -0.3 is 10.4 Å². The van der Waals surface area contributed by atoms with Crippen LogP contribution in [0.4, 0.5) is 5.69 Å². The summed E-state index contributed by atoms with van der Waals surface area (Å²) in [6.45, 7) is 4.24. The molecule has 0 heterocycles. The molecule has 0 aliphatic heterocycles. The topological polar surface area (TPSA) is 32.3 Å². The Morgan fingerprint density at radius 1 is 1.36 bits per heavy atom. The van der Waals surface area contributed by atoms with Crippen LogP contribution < -0.4 is 5.32 Å². The predicted octanol–water partition coefficient (Wildman–Crippen LogP) is 2.91. The van der Waals surface area contributed by atoms with Crippen molar-refractivity contribution in [2.75, 3.05) is 11.9 Å². The van der Waals surface area contributed by atoms with Crippen molar-refractivity contribution in [2.45, 2.75) is 25.8 Å². The van der Waals surface area contributed by atoms with E-state index in [9.17, 15) is 0 Å². The minimum absolute atomic E-state index is 0.139. The molecule has 0 unspecified atom stereocenters. The van der Waals surface area contributed by atoms with Crippen molar-refractivity contribution in [1.82, 2.24) is 0 Å². The van der Waals surface area contributed by atoms with Crippen molar-refractivity contribution in [1.29, 1.82) is 0 Å². The first-order valence-electron chi connectivity index (χ1n) is 4.69. The van der Waals surface area contributed by atoms with Gasteiger partial charge in [-0.1, -0.05) is 23.7 Å². The maximum atomic E-state index is 8.88. The van der Waals surface area contributed by atoms with Crippen molar-refractivity contribution in [2.24, 2.45) is 0 Å². The first kappa shape index (κ1) is 11.3. The minimum atomic E-state index is -0.139. The highest BCUT2D eigenvalue weighted by molar-refractivity contribution is 6.33. The van der Waals surface area contributed by atoms with Gasteiger partial charge in [-0.3, -0.25) is 0 Å². The highest BCUT2D eigenvalue weighted by Crippen LogP contribution is 2.25. The molecule has 0 saturated heterocycles. The highest BCUT2D eigenvalue weighted by Gasteiger charge is 2.17. The Labute approximate surface area is 89.9 Å². The van der Waals surface area contributed by atoms with Crippen molar-refractivity contribution in [3.8, 4) is 0 Å². The second kappa shape index (κ2) is 4.67. The molecule has 0 aromatic heterocycles. The second-order valence-corrected chi connectivity index (χ2v) is 4.37. The van der Waals surface area contributed by atoms with Gasteiger partial charge >= 0.3 is 0 Å². The summed E-state index contributed by atoms with van der Waals surface area (Å²) in [5, 5.41) is 12.9. The van der Waals surface area contributed by atoms with Crippen LogP contribution >= 0.6 is 11.6 Å². The van der Waals surface area contributed by atoms with E-state index in [1.165, 1.54) is 0 Å². The number of anilines is 1. The number of halogens is 1. The molecule has 78 valence electrons. The second-order valence-electron chi connectivity index (χ2n) is 3.96. The van der Waals surface area contributed by atoms with E-state index in [1.807, 2.05) is 38.1 Å². The number of nitrogens with one attached hydrogen (secondary N) is 1. The molecule has 0 fully saturated rings. The molecule has 14 heavy (non-hydrogen) atoms. The van der Waals surface area contributed by atoms with Gasteiger partial charge in [-0.25, -0.2) is 0 Å². The molecule has 2 nitrogen and oxygen atoms in total. The molecular weight excluding hydrogens is 198 g/mol. The maximum absolute atomic E-state index is 8.88. The molecule has 1 aromatic rings. The lowest BCUT2D eigenvalue weighted by atomic mass is 10.0. The zero-order valence-corrected chi connectivity index (χ0v) is 9.30. The van der Waals surface area contributed by atoms with Crippen molar-refractivity contribution in [3.05, 3.63) is 29.3 Å². The average Bonchev–Trinajstić information content (AvgIpc) is 2.08. The van der Waals surface area contributed by atoms with Crippen LogP contribution in [0.5, 0.6) is 0 Å². The van der Waals surface area contributed by atoms with Crippen molar-refractivity contribution >= 4 is 17.3 Å². The Bertz CT molecular complexity index is 299. The fraction of sp³-hybridized carbons (Fsp3) is 0.455. The van der Waals surface area contributed by atoms with Gasteiger partial charge in [0, 0.05) is 12.1 Å². The van der Waals surface area contributed by atoms with Crippen LogP contribution in [0.3, 0.4) is 0 Å². The zero-order chi connectivity index (χ0) is 10.6. The standard InChI is InChI=1S/C11H16ClNO/c1-11(2,7-8-14)13-10-6-4-3-5-9(10)12/h3-6,13-14H,7-8H2,1-2H3. The third-order valence-corrected chi connectivity index (χ3v) is 2.41. The number of aliphatic hydroxyl groups excluding tert-OH is 1. The number of aliphatic hydroxyl groups is 1. The Hall–Kier alpha value is -0.730. The van der Waals surface area contributed by atoms with Gasteiger partial charge in [-0.2, -0.15) is 0 Å². The van der Waals surface area contributed by atoms with Crippen LogP contribution in [0, 0.1) is 0 Å². The highest BCUT2D eigenvalue weighted by atomic mass is 35.5. The van der Waals surface area contributed by atoms with Crippen molar-refractivity contribution in [3.63, 3.8) is 0 Å². The molecule has 0 aliphatic carbocycles. The molecule has 1 aromatic carbocycles. The smallest absolute Gasteiger partial charge is 0.0637 e. The van der Waals surface area contributed by atoms with Crippen LogP contribution in [-0.4, -0.2) is 17.3 Å². The monoisotopic (exact) mass is 213 g/mol. The van der Waals surface area contributed by atoms with E-state index < -0.39 is 0 Å². The SMILES string of the molecule is CC(C)(CCO)Nc1ccccc1Cl. The molecule has 0 spiro atoms. The van der Waals surface area contributed by atoms with Gasteiger partial charge in [0.25, 0.3) is 0 Å². The Kier molecular flexibility index (Phi) is 3.78. The molecule has 0 radical (unpaired) electrons. The molecule has 0 bridgehead atoms. The fourth-order valence-corrected chi connectivity index (χ4v) is 1.45. The normalized spacial score (nSPS) is 11.4. The van der Waals surface area contributed by atoms with Gasteiger partial charge in [0.05, 0.1) is 10.7 Å². The van der Waals surface area contributed by atoms with Crippen LogP contribution in [0.25, 0.3) is 0 Å². The summed E-state index contributed by atoms with van der Waals surface area (Å²) in [6.07, 6.45) is 0.693. The molecule has 1 rings (SSSR count). The molecule has 2 N–H and O–H groups in total. The van der Waals surface area contributed by atoms with Crippen LogP contribution in [-0.2, 0) is 0 Å². The van der Waals surface area contributed by atoms with Gasteiger partial charge in [-0.05, 0) is 32.4 Å². The van der Waals surface area contributed by atoms with E-state index in [-0.39, 0.29) is 12.1 Å². The van der Waals surface area contributed by atoms with Gasteiger partial charge in [0.15, 0.2) is 0 Å². The minimum Gasteiger partial charge on any atom is -0.396 e. The summed E-state index contributed by atoms with van der Waals surface area (Å²) >= 11 is 6.01. The summed E-state index contributed by atoms with van der Waals surface area (Å²) in [6, 6.07) is 7.61. The van der Waals surface area contributed by atoms with Crippen molar-refractivity contribution < 1.29 is 5.11 Å². The Morgan fingerprint density at radius 2 is 2.00 bits per heavy atom. The molecule has 0 amide bonds. The zero-order valence-electron chi connectivity index (χ0n) is 8.55. The lowest BCUT2D eigenvalue weighted by Gasteiger charge is -2.27. The third kappa shape index (κ3) is 3.20. The van der Waals surface area contributed by atoms with Gasteiger partial charge in [0.1, 0.15) is 0 Å². The van der Waals surface area contributed by atoms with E-state index in [4.69, 9.17) is 16.7 Å². The molecular formula is C11H16ClNO. The van der Waals surface area contributed by atoms with E-state index in [1.54, 1.807) is 0 Å². The average molecular weight is 214 g/mol. The molecule has 0 atom stereocenters. The first-order valence-corrected chi connectivity index (χ1v) is 5.06. The van der Waals surface area contributed by atoms with Crippen LogP contribution in [0.2, 0.25) is 5.02 Å². The summed E-state index contributed by atoms with van der Waals surface area (Å²) < 4.78 is 0.